The van der Waals surface area contributed by atoms with Gasteiger partial charge in [0.2, 0.25) is 0 Å². The summed E-state index contributed by atoms with van der Waals surface area (Å²) >= 11 is 5.60. The molecule has 0 aromatic heterocycles. The average Bonchev–Trinajstić information content (AvgIpc) is 2.53. The maximum absolute atomic E-state index is 13.6. The molecule has 2 aromatic rings. The lowest BCUT2D eigenvalue weighted by Gasteiger charge is -2.08. The molecule has 7 heteroatoms. The Morgan fingerprint density at radius 2 is 2.00 bits per heavy atom. The van der Waals surface area contributed by atoms with Crippen LogP contribution in [0.1, 0.15) is 10.4 Å². The third-order valence-electron chi connectivity index (χ3n) is 2.84. The molecule has 0 radical (unpaired) electrons. The van der Waals surface area contributed by atoms with Gasteiger partial charge < -0.3 is 14.8 Å². The van der Waals surface area contributed by atoms with Crippen LogP contribution in [0.5, 0.6) is 5.75 Å². The second kappa shape index (κ2) is 7.60. The highest BCUT2D eigenvalue weighted by Gasteiger charge is 2.15. The summed E-state index contributed by atoms with van der Waals surface area (Å²) < 4.78 is 23.4. The molecular weight excluding hydrogens is 325 g/mol. The second-order valence-electron chi connectivity index (χ2n) is 4.48. The van der Waals surface area contributed by atoms with E-state index in [1.807, 2.05) is 0 Å². The van der Waals surface area contributed by atoms with E-state index in [1.54, 1.807) is 24.3 Å². The van der Waals surface area contributed by atoms with Crippen LogP contribution in [0.3, 0.4) is 0 Å². The predicted octanol–water partition coefficient (Wildman–Crippen LogP) is 3.28. The van der Waals surface area contributed by atoms with Gasteiger partial charge in [0.05, 0.1) is 12.7 Å². The quantitative estimate of drug-likeness (QED) is 0.850. The monoisotopic (exact) mass is 337 g/mol. The smallest absolute Gasteiger partial charge is 0.341 e. The van der Waals surface area contributed by atoms with Crippen molar-refractivity contribution in [3.63, 3.8) is 0 Å². The first-order valence-corrected chi connectivity index (χ1v) is 6.93. The molecule has 120 valence electrons. The molecule has 0 aliphatic heterocycles. The lowest BCUT2D eigenvalue weighted by molar-refractivity contribution is -0.119. The van der Waals surface area contributed by atoms with E-state index >= 15 is 0 Å². The summed E-state index contributed by atoms with van der Waals surface area (Å²) in [5, 5.41) is 2.70. The van der Waals surface area contributed by atoms with Crippen LogP contribution in [-0.4, -0.2) is 25.6 Å². The van der Waals surface area contributed by atoms with Gasteiger partial charge in [-0.3, -0.25) is 4.79 Å². The predicted molar refractivity (Wildman–Crippen MR) is 83.3 cm³/mol. The molecule has 0 spiro atoms. The SMILES string of the molecule is COc1cccc(NC(=O)COC(=O)c2ccc(Cl)cc2F)c1. The van der Waals surface area contributed by atoms with Crippen LogP contribution < -0.4 is 10.1 Å². The first kappa shape index (κ1) is 16.8. The number of ether oxygens (including phenoxy) is 2. The molecule has 0 fully saturated rings. The fraction of sp³-hybridized carbons (Fsp3) is 0.125. The van der Waals surface area contributed by atoms with Crippen molar-refractivity contribution in [3.05, 3.63) is 58.9 Å². The molecule has 0 aliphatic carbocycles. The van der Waals surface area contributed by atoms with Gasteiger partial charge in [-0.25, -0.2) is 9.18 Å². The Morgan fingerprint density at radius 1 is 1.22 bits per heavy atom. The van der Waals surface area contributed by atoms with Gasteiger partial charge >= 0.3 is 5.97 Å². The van der Waals surface area contributed by atoms with Crippen molar-refractivity contribution in [2.75, 3.05) is 19.0 Å². The Labute approximate surface area is 137 Å². The van der Waals surface area contributed by atoms with Gasteiger partial charge in [-0.2, -0.15) is 0 Å². The molecule has 23 heavy (non-hydrogen) atoms. The largest absolute Gasteiger partial charge is 0.497 e. The minimum atomic E-state index is -0.944. The van der Waals surface area contributed by atoms with E-state index < -0.39 is 24.3 Å². The maximum atomic E-state index is 13.6. The van der Waals surface area contributed by atoms with E-state index in [0.717, 1.165) is 6.07 Å². The average molecular weight is 338 g/mol. The first-order chi connectivity index (χ1) is 11.0. The van der Waals surface area contributed by atoms with Crippen molar-refractivity contribution in [2.24, 2.45) is 0 Å². The Bertz CT molecular complexity index is 736. The molecule has 0 bridgehead atoms. The molecule has 0 atom stereocenters. The van der Waals surface area contributed by atoms with Gasteiger partial charge in [-0.15, -0.1) is 0 Å². The van der Waals surface area contributed by atoms with Gasteiger partial charge in [-0.1, -0.05) is 17.7 Å². The molecule has 2 aromatic carbocycles. The van der Waals surface area contributed by atoms with Crippen molar-refractivity contribution in [1.29, 1.82) is 0 Å². The maximum Gasteiger partial charge on any atom is 0.341 e. The highest BCUT2D eigenvalue weighted by Crippen LogP contribution is 2.17. The second-order valence-corrected chi connectivity index (χ2v) is 4.92. The number of carbonyl (C=O) groups excluding carboxylic acids is 2. The summed E-state index contributed by atoms with van der Waals surface area (Å²) in [4.78, 5) is 23.5. The minimum Gasteiger partial charge on any atom is -0.497 e. The van der Waals surface area contributed by atoms with Crippen LogP contribution in [0, 0.1) is 5.82 Å². The van der Waals surface area contributed by atoms with Crippen LogP contribution in [0.4, 0.5) is 10.1 Å². The number of hydrogen-bond acceptors (Lipinski definition) is 4. The topological polar surface area (TPSA) is 64.6 Å². The van der Waals surface area contributed by atoms with Gasteiger partial charge in [0.1, 0.15) is 11.6 Å². The number of anilines is 1. The summed E-state index contributed by atoms with van der Waals surface area (Å²) in [6, 6.07) is 10.2. The highest BCUT2D eigenvalue weighted by atomic mass is 35.5. The van der Waals surface area contributed by atoms with Crippen molar-refractivity contribution in [1.82, 2.24) is 0 Å². The van der Waals surface area contributed by atoms with E-state index in [0.29, 0.717) is 11.4 Å². The first-order valence-electron chi connectivity index (χ1n) is 6.55. The van der Waals surface area contributed by atoms with Crippen LogP contribution in [-0.2, 0) is 9.53 Å². The number of nitrogens with one attached hydrogen (secondary N) is 1. The van der Waals surface area contributed by atoms with Gasteiger partial charge in [0.25, 0.3) is 5.91 Å². The van der Waals surface area contributed by atoms with Crippen LogP contribution in [0.15, 0.2) is 42.5 Å². The van der Waals surface area contributed by atoms with Crippen molar-refractivity contribution in [3.8, 4) is 5.75 Å². The number of hydrogen-bond donors (Lipinski definition) is 1. The number of rotatable bonds is 5. The summed E-state index contributed by atoms with van der Waals surface area (Å²) in [6.45, 7) is -0.544. The summed E-state index contributed by atoms with van der Waals surface area (Å²) in [6.07, 6.45) is 0. The normalized spacial score (nSPS) is 10.0. The lowest BCUT2D eigenvalue weighted by Crippen LogP contribution is -2.21. The minimum absolute atomic E-state index is 0.162. The van der Waals surface area contributed by atoms with Gasteiger partial charge in [0, 0.05) is 16.8 Å². The Balaban J connectivity index is 1.92. The fourth-order valence-corrected chi connectivity index (χ4v) is 1.92. The van der Waals surface area contributed by atoms with Crippen molar-refractivity contribution in [2.45, 2.75) is 0 Å². The zero-order valence-electron chi connectivity index (χ0n) is 12.1. The highest BCUT2D eigenvalue weighted by molar-refractivity contribution is 6.30. The Morgan fingerprint density at radius 3 is 2.70 bits per heavy atom. The Hall–Kier alpha value is -2.60. The van der Waals surface area contributed by atoms with Gasteiger partial charge in [-0.05, 0) is 30.3 Å². The van der Waals surface area contributed by atoms with Gasteiger partial charge in [0.15, 0.2) is 6.61 Å². The molecule has 0 heterocycles. The van der Waals surface area contributed by atoms with Crippen molar-refractivity contribution < 1.29 is 23.5 Å². The number of carbonyl (C=O) groups is 2. The van der Waals surface area contributed by atoms with E-state index in [4.69, 9.17) is 21.1 Å². The molecular formula is C16H13ClFNO4. The molecule has 1 amide bonds. The lowest BCUT2D eigenvalue weighted by atomic mass is 10.2. The van der Waals surface area contributed by atoms with E-state index in [-0.39, 0.29) is 10.6 Å². The molecule has 1 N–H and O–H groups in total. The summed E-state index contributed by atoms with van der Waals surface area (Å²) in [7, 11) is 1.50. The van der Waals surface area contributed by atoms with E-state index in [1.165, 1.54) is 19.2 Å². The van der Waals surface area contributed by atoms with E-state index in [9.17, 15) is 14.0 Å². The molecule has 0 aliphatic rings. The van der Waals surface area contributed by atoms with Crippen LogP contribution in [0.25, 0.3) is 0 Å². The zero-order chi connectivity index (χ0) is 16.8. The third-order valence-corrected chi connectivity index (χ3v) is 3.07. The number of esters is 1. The molecule has 0 saturated heterocycles. The zero-order valence-corrected chi connectivity index (χ0v) is 12.9. The standard InChI is InChI=1S/C16H13ClFNO4/c1-22-12-4-2-3-11(8-12)19-15(20)9-23-16(21)13-6-5-10(17)7-14(13)18/h2-8H,9H2,1H3,(H,19,20). The number of halogens is 2. The molecule has 0 unspecified atom stereocenters. The number of methoxy groups -OCH3 is 1. The summed E-state index contributed by atoms with van der Waals surface area (Å²) in [5.41, 5.74) is 0.201. The van der Waals surface area contributed by atoms with E-state index in [2.05, 4.69) is 5.32 Å². The third kappa shape index (κ3) is 4.69. The number of amides is 1. The number of benzene rings is 2. The van der Waals surface area contributed by atoms with Crippen LogP contribution in [0.2, 0.25) is 5.02 Å². The molecule has 0 saturated carbocycles. The molecule has 5 nitrogen and oxygen atoms in total. The van der Waals surface area contributed by atoms with Crippen molar-refractivity contribution >= 4 is 29.2 Å². The fourth-order valence-electron chi connectivity index (χ4n) is 1.76. The molecule has 2 rings (SSSR count). The van der Waals surface area contributed by atoms with Crippen LogP contribution >= 0.6 is 11.6 Å². The summed E-state index contributed by atoms with van der Waals surface area (Å²) in [5.74, 6) is -1.74. The Kier molecular flexibility index (Phi) is 5.54.